The Morgan fingerprint density at radius 1 is 0.894 bits per heavy atom. The van der Waals surface area contributed by atoms with Crippen LogP contribution < -0.4 is 9.47 Å². The summed E-state index contributed by atoms with van der Waals surface area (Å²) >= 11 is 0. The minimum Gasteiger partial charge on any atom is -0.494 e. The lowest BCUT2D eigenvalue weighted by atomic mass is 9.47. The van der Waals surface area contributed by atoms with E-state index >= 15 is 0 Å². The number of hydrogen-bond acceptors (Lipinski definition) is 7. The van der Waals surface area contributed by atoms with Gasteiger partial charge in [-0.05, 0) is 111 Å². The molecule has 1 aliphatic heterocycles. The topological polar surface area (TPSA) is 74.3 Å². The number of allylic oxidation sites excluding steroid dienone is 1. The average Bonchev–Trinajstić information content (AvgIpc) is 3.40. The molecule has 0 radical (unpaired) electrons. The smallest absolute Gasteiger partial charge is 0.305 e. The third-order valence-corrected chi connectivity index (χ3v) is 12.0. The van der Waals surface area contributed by atoms with E-state index in [4.69, 9.17) is 18.9 Å². The predicted octanol–water partition coefficient (Wildman–Crippen LogP) is 8.23. The SMILES string of the molecule is CCC(=O)OC1CCC2C3CCC4=CC(=O)CCC4(C)C3CCC12C.CCCCOc1ccc(OCCCN2CCOCC2)cc1.Cl. The van der Waals surface area contributed by atoms with Crippen LogP contribution in [0.15, 0.2) is 35.9 Å². The van der Waals surface area contributed by atoms with Crippen LogP contribution in [-0.4, -0.2) is 68.8 Å². The summed E-state index contributed by atoms with van der Waals surface area (Å²) in [6.45, 7) is 15.3. The summed E-state index contributed by atoms with van der Waals surface area (Å²) in [5.41, 5.74) is 1.82. The Morgan fingerprint density at radius 3 is 2.23 bits per heavy atom. The molecule has 47 heavy (non-hydrogen) atoms. The first-order chi connectivity index (χ1) is 22.3. The summed E-state index contributed by atoms with van der Waals surface area (Å²) in [4.78, 5) is 26.2. The van der Waals surface area contributed by atoms with Crippen LogP contribution in [0.2, 0.25) is 0 Å². The van der Waals surface area contributed by atoms with Gasteiger partial charge in [0.25, 0.3) is 0 Å². The van der Waals surface area contributed by atoms with E-state index in [0.717, 1.165) is 115 Å². The van der Waals surface area contributed by atoms with Gasteiger partial charge in [-0.2, -0.15) is 0 Å². The van der Waals surface area contributed by atoms with Crippen molar-refractivity contribution in [3.8, 4) is 11.5 Å². The molecule has 6 rings (SSSR count). The lowest BCUT2D eigenvalue weighted by Crippen LogP contribution is -2.51. The standard InChI is InChI=1S/C22H32O3.C17H27NO3.ClH/c1-4-20(24)25-19-8-7-17-16-6-5-14-13-15(23)9-11-21(14,2)18(16)10-12-22(17,19)3;1-2-3-12-20-16-5-7-17(8-6-16)21-13-4-9-18-10-14-19-15-11-18;/h13,16-19H,4-12H2,1-3H3;5-8H,2-4,9-15H2,1H3;1H. The van der Waals surface area contributed by atoms with Crippen molar-refractivity contribution in [1.82, 2.24) is 4.90 Å². The summed E-state index contributed by atoms with van der Waals surface area (Å²) in [6.07, 6.45) is 14.6. The van der Waals surface area contributed by atoms with Gasteiger partial charge in [-0.3, -0.25) is 14.5 Å². The fraction of sp³-hybridized carbons (Fsp3) is 0.744. The summed E-state index contributed by atoms with van der Waals surface area (Å²) < 4.78 is 22.6. The lowest BCUT2D eigenvalue weighted by Gasteiger charge is -2.57. The van der Waals surface area contributed by atoms with Crippen molar-refractivity contribution in [2.75, 3.05) is 46.1 Å². The van der Waals surface area contributed by atoms with Crippen LogP contribution in [-0.2, 0) is 19.1 Å². The van der Waals surface area contributed by atoms with Crippen molar-refractivity contribution in [3.63, 3.8) is 0 Å². The molecule has 1 aromatic carbocycles. The molecule has 4 aliphatic carbocycles. The van der Waals surface area contributed by atoms with Gasteiger partial charge in [-0.25, -0.2) is 0 Å². The summed E-state index contributed by atoms with van der Waals surface area (Å²) in [5, 5.41) is 0. The molecular formula is C39H60ClNO6. The van der Waals surface area contributed by atoms with Gasteiger partial charge < -0.3 is 18.9 Å². The van der Waals surface area contributed by atoms with Gasteiger partial charge in [-0.1, -0.05) is 39.7 Å². The zero-order valence-electron chi connectivity index (χ0n) is 29.4. The van der Waals surface area contributed by atoms with Crippen LogP contribution in [0.5, 0.6) is 11.5 Å². The van der Waals surface area contributed by atoms with E-state index in [-0.39, 0.29) is 35.3 Å². The Balaban J connectivity index is 0.000000212. The highest BCUT2D eigenvalue weighted by Crippen LogP contribution is 2.65. The van der Waals surface area contributed by atoms with Crippen molar-refractivity contribution < 1.29 is 28.5 Å². The second-order valence-electron chi connectivity index (χ2n) is 14.8. The molecule has 1 aromatic rings. The number of esters is 1. The molecule has 1 saturated heterocycles. The van der Waals surface area contributed by atoms with Gasteiger partial charge >= 0.3 is 5.97 Å². The zero-order valence-corrected chi connectivity index (χ0v) is 30.3. The van der Waals surface area contributed by atoms with Crippen molar-refractivity contribution in [2.24, 2.45) is 28.6 Å². The number of morpholine rings is 1. The molecule has 264 valence electrons. The first-order valence-electron chi connectivity index (χ1n) is 18.4. The number of nitrogens with zero attached hydrogens (tertiary/aromatic N) is 1. The van der Waals surface area contributed by atoms with E-state index in [2.05, 4.69) is 25.7 Å². The van der Waals surface area contributed by atoms with E-state index in [1.54, 1.807) is 0 Å². The molecule has 0 aromatic heterocycles. The largest absolute Gasteiger partial charge is 0.494 e. The molecule has 0 N–H and O–H groups in total. The third kappa shape index (κ3) is 9.13. The Bertz CT molecular complexity index is 1180. The number of unbranched alkanes of at least 4 members (excludes halogenated alkanes) is 1. The first-order valence-corrected chi connectivity index (χ1v) is 18.4. The molecule has 1 heterocycles. The molecule has 8 heteroatoms. The second-order valence-corrected chi connectivity index (χ2v) is 14.8. The normalized spacial score (nSPS) is 31.5. The van der Waals surface area contributed by atoms with E-state index in [9.17, 15) is 9.59 Å². The van der Waals surface area contributed by atoms with E-state index in [1.807, 2.05) is 37.3 Å². The highest BCUT2D eigenvalue weighted by Gasteiger charge is 2.59. The number of halogens is 1. The van der Waals surface area contributed by atoms with Crippen molar-refractivity contribution in [3.05, 3.63) is 35.9 Å². The summed E-state index contributed by atoms with van der Waals surface area (Å²) in [7, 11) is 0. The van der Waals surface area contributed by atoms with Crippen LogP contribution in [0.3, 0.4) is 0 Å². The van der Waals surface area contributed by atoms with E-state index in [1.165, 1.54) is 24.8 Å². The number of hydrogen-bond donors (Lipinski definition) is 0. The fourth-order valence-electron chi connectivity index (χ4n) is 9.22. The number of rotatable bonds is 11. The minimum atomic E-state index is -0.0411. The molecule has 6 atom stereocenters. The maximum atomic E-state index is 11.9. The number of ether oxygens (including phenoxy) is 4. The van der Waals surface area contributed by atoms with Gasteiger partial charge in [-0.15, -0.1) is 12.4 Å². The van der Waals surface area contributed by atoms with Crippen LogP contribution in [0.1, 0.15) is 105 Å². The Kier molecular flexibility index (Phi) is 14.1. The molecule has 0 bridgehead atoms. The van der Waals surface area contributed by atoms with Crippen LogP contribution in [0, 0.1) is 28.6 Å². The van der Waals surface area contributed by atoms with Gasteiger partial charge in [0.05, 0.1) is 26.4 Å². The van der Waals surface area contributed by atoms with Crippen molar-refractivity contribution >= 4 is 24.2 Å². The number of benzene rings is 1. The number of fused-ring (bicyclic) bond motifs is 5. The molecule has 7 nitrogen and oxygen atoms in total. The van der Waals surface area contributed by atoms with E-state index < -0.39 is 0 Å². The molecular weight excluding hydrogens is 614 g/mol. The molecule has 3 saturated carbocycles. The average molecular weight is 674 g/mol. The lowest BCUT2D eigenvalue weighted by molar-refractivity contribution is -0.159. The maximum absolute atomic E-state index is 11.9. The Hall–Kier alpha value is -2.09. The van der Waals surface area contributed by atoms with Gasteiger partial charge in [0, 0.05) is 37.9 Å². The van der Waals surface area contributed by atoms with Crippen LogP contribution >= 0.6 is 12.4 Å². The zero-order chi connectivity index (χ0) is 32.6. The number of carbonyl (C=O) groups is 2. The molecule has 4 fully saturated rings. The van der Waals surface area contributed by atoms with Gasteiger partial charge in [0.2, 0.25) is 0 Å². The van der Waals surface area contributed by atoms with E-state index in [0.29, 0.717) is 24.0 Å². The fourth-order valence-corrected chi connectivity index (χ4v) is 9.22. The van der Waals surface area contributed by atoms with Gasteiger partial charge in [0.15, 0.2) is 5.78 Å². The number of ketones is 1. The molecule has 0 amide bonds. The van der Waals surface area contributed by atoms with Crippen molar-refractivity contribution in [2.45, 2.75) is 111 Å². The minimum absolute atomic E-state index is 0. The van der Waals surface area contributed by atoms with Gasteiger partial charge in [0.1, 0.15) is 17.6 Å². The molecule has 0 spiro atoms. The third-order valence-electron chi connectivity index (χ3n) is 12.0. The maximum Gasteiger partial charge on any atom is 0.305 e. The van der Waals surface area contributed by atoms with Crippen molar-refractivity contribution in [1.29, 1.82) is 0 Å². The Morgan fingerprint density at radius 2 is 1.57 bits per heavy atom. The first kappa shape index (κ1) is 37.7. The summed E-state index contributed by atoms with van der Waals surface area (Å²) in [6, 6.07) is 7.92. The molecule has 5 aliphatic rings. The van der Waals surface area contributed by atoms with Crippen LogP contribution in [0.4, 0.5) is 0 Å². The summed E-state index contributed by atoms with van der Waals surface area (Å²) in [5.74, 6) is 4.25. The monoisotopic (exact) mass is 673 g/mol. The quantitative estimate of drug-likeness (QED) is 0.173. The molecule has 6 unspecified atom stereocenters. The second kappa shape index (κ2) is 17.5. The Labute approximate surface area is 289 Å². The predicted molar refractivity (Wildman–Crippen MR) is 188 cm³/mol. The highest BCUT2D eigenvalue weighted by atomic mass is 35.5. The number of carbonyl (C=O) groups excluding carboxylic acids is 2. The highest BCUT2D eigenvalue weighted by molar-refractivity contribution is 5.91. The van der Waals surface area contributed by atoms with Crippen LogP contribution in [0.25, 0.3) is 0 Å².